The third-order valence-corrected chi connectivity index (χ3v) is 3.33. The summed E-state index contributed by atoms with van der Waals surface area (Å²) < 4.78 is 5.33. The third-order valence-electron chi connectivity index (χ3n) is 3.33. The molecule has 0 radical (unpaired) electrons. The van der Waals surface area contributed by atoms with Gasteiger partial charge in [-0.25, -0.2) is 0 Å². The normalized spacial score (nSPS) is 10.6. The van der Waals surface area contributed by atoms with E-state index in [4.69, 9.17) is 4.74 Å². The van der Waals surface area contributed by atoms with E-state index in [2.05, 4.69) is 42.2 Å². The van der Waals surface area contributed by atoms with Crippen LogP contribution in [0.2, 0.25) is 0 Å². The fraction of sp³-hybridized carbons (Fsp3) is 0.118. The summed E-state index contributed by atoms with van der Waals surface area (Å²) in [5.74, 6) is 0.858. The summed E-state index contributed by atoms with van der Waals surface area (Å²) in [6, 6.07) is 16.4. The quantitative estimate of drug-likeness (QED) is 0.678. The van der Waals surface area contributed by atoms with Crippen LogP contribution in [0.15, 0.2) is 54.7 Å². The van der Waals surface area contributed by atoms with Crippen molar-refractivity contribution in [2.75, 3.05) is 7.11 Å². The van der Waals surface area contributed by atoms with Crippen molar-refractivity contribution >= 4 is 10.9 Å². The molecule has 2 heteroatoms. The molecule has 1 aromatic heterocycles. The Labute approximate surface area is 112 Å². The SMILES string of the molecule is COc1ccc2ncc(C)c(-c3ccccc3)c2c1. The number of nitrogens with zero attached hydrogens (tertiary/aromatic N) is 1. The Balaban J connectivity index is 2.35. The van der Waals surface area contributed by atoms with Gasteiger partial charge in [0.25, 0.3) is 0 Å². The molecule has 3 rings (SSSR count). The van der Waals surface area contributed by atoms with Gasteiger partial charge in [-0.2, -0.15) is 0 Å². The van der Waals surface area contributed by atoms with Gasteiger partial charge in [0.15, 0.2) is 0 Å². The number of ether oxygens (including phenoxy) is 1. The highest BCUT2D eigenvalue weighted by atomic mass is 16.5. The zero-order valence-electron chi connectivity index (χ0n) is 11.1. The monoisotopic (exact) mass is 249 g/mol. The largest absolute Gasteiger partial charge is 0.497 e. The molecule has 0 atom stereocenters. The molecule has 2 nitrogen and oxygen atoms in total. The van der Waals surface area contributed by atoms with E-state index < -0.39 is 0 Å². The molecule has 0 unspecified atom stereocenters. The number of hydrogen-bond donors (Lipinski definition) is 0. The molecule has 0 spiro atoms. The third kappa shape index (κ3) is 2.06. The summed E-state index contributed by atoms with van der Waals surface area (Å²) in [6.07, 6.45) is 1.93. The van der Waals surface area contributed by atoms with Crippen molar-refractivity contribution in [3.05, 3.63) is 60.3 Å². The first-order valence-electron chi connectivity index (χ1n) is 6.28. The number of hydrogen-bond acceptors (Lipinski definition) is 2. The van der Waals surface area contributed by atoms with E-state index in [-0.39, 0.29) is 0 Å². The molecular formula is C17H15NO. The summed E-state index contributed by atoms with van der Waals surface area (Å²) in [6.45, 7) is 2.09. The molecule has 0 bridgehead atoms. The van der Waals surface area contributed by atoms with Gasteiger partial charge >= 0.3 is 0 Å². The van der Waals surface area contributed by atoms with Crippen LogP contribution in [0.4, 0.5) is 0 Å². The van der Waals surface area contributed by atoms with Crippen LogP contribution in [-0.4, -0.2) is 12.1 Å². The van der Waals surface area contributed by atoms with Gasteiger partial charge in [-0.05, 0) is 41.8 Å². The van der Waals surface area contributed by atoms with E-state index in [1.165, 1.54) is 16.7 Å². The van der Waals surface area contributed by atoms with Crippen LogP contribution in [0.25, 0.3) is 22.0 Å². The molecule has 0 fully saturated rings. The summed E-state index contributed by atoms with van der Waals surface area (Å²) >= 11 is 0. The average molecular weight is 249 g/mol. The lowest BCUT2D eigenvalue weighted by molar-refractivity contribution is 0.415. The molecule has 0 aliphatic heterocycles. The number of benzene rings is 2. The van der Waals surface area contributed by atoms with E-state index in [0.29, 0.717) is 0 Å². The van der Waals surface area contributed by atoms with Crippen LogP contribution >= 0.6 is 0 Å². The highest BCUT2D eigenvalue weighted by Gasteiger charge is 2.09. The molecule has 1 heterocycles. The number of rotatable bonds is 2. The predicted molar refractivity (Wildman–Crippen MR) is 78.5 cm³/mol. The van der Waals surface area contributed by atoms with E-state index in [1.807, 2.05) is 24.4 Å². The molecule has 19 heavy (non-hydrogen) atoms. The number of pyridine rings is 1. The molecular weight excluding hydrogens is 234 g/mol. The summed E-state index contributed by atoms with van der Waals surface area (Å²) in [4.78, 5) is 4.49. The minimum atomic E-state index is 0.858. The lowest BCUT2D eigenvalue weighted by Gasteiger charge is -2.11. The van der Waals surface area contributed by atoms with E-state index in [0.717, 1.165) is 16.7 Å². The summed E-state index contributed by atoms with van der Waals surface area (Å²) in [7, 11) is 1.69. The van der Waals surface area contributed by atoms with Crippen LogP contribution in [0.3, 0.4) is 0 Å². The second-order valence-corrected chi connectivity index (χ2v) is 4.57. The molecule has 0 saturated heterocycles. The van der Waals surface area contributed by atoms with Crippen molar-refractivity contribution in [3.63, 3.8) is 0 Å². The Kier molecular flexibility index (Phi) is 2.92. The smallest absolute Gasteiger partial charge is 0.119 e. The van der Waals surface area contributed by atoms with Crippen molar-refractivity contribution in [2.24, 2.45) is 0 Å². The van der Waals surface area contributed by atoms with Crippen LogP contribution in [-0.2, 0) is 0 Å². The van der Waals surface area contributed by atoms with E-state index in [9.17, 15) is 0 Å². The highest BCUT2D eigenvalue weighted by molar-refractivity contribution is 5.96. The van der Waals surface area contributed by atoms with Gasteiger partial charge in [0.2, 0.25) is 0 Å². The molecule has 94 valence electrons. The van der Waals surface area contributed by atoms with Crippen LogP contribution in [0.1, 0.15) is 5.56 Å². The van der Waals surface area contributed by atoms with Gasteiger partial charge < -0.3 is 4.74 Å². The second kappa shape index (κ2) is 4.73. The van der Waals surface area contributed by atoms with Crippen LogP contribution < -0.4 is 4.74 Å². The molecule has 0 aliphatic rings. The molecule has 0 N–H and O–H groups in total. The lowest BCUT2D eigenvalue weighted by atomic mass is 9.97. The Bertz CT molecular complexity index is 720. The Morgan fingerprint density at radius 3 is 2.53 bits per heavy atom. The van der Waals surface area contributed by atoms with Gasteiger partial charge in [-0.1, -0.05) is 30.3 Å². The first kappa shape index (κ1) is 11.7. The van der Waals surface area contributed by atoms with Crippen molar-refractivity contribution < 1.29 is 4.74 Å². The molecule has 0 amide bonds. The Morgan fingerprint density at radius 2 is 1.79 bits per heavy atom. The topological polar surface area (TPSA) is 22.1 Å². The zero-order chi connectivity index (χ0) is 13.2. The molecule has 0 saturated carbocycles. The molecule has 0 aliphatic carbocycles. The zero-order valence-corrected chi connectivity index (χ0v) is 11.1. The fourth-order valence-electron chi connectivity index (χ4n) is 2.39. The maximum atomic E-state index is 5.33. The maximum Gasteiger partial charge on any atom is 0.119 e. The van der Waals surface area contributed by atoms with Crippen molar-refractivity contribution in [1.82, 2.24) is 4.98 Å². The van der Waals surface area contributed by atoms with Gasteiger partial charge in [-0.15, -0.1) is 0 Å². The van der Waals surface area contributed by atoms with Gasteiger partial charge in [0.1, 0.15) is 5.75 Å². The van der Waals surface area contributed by atoms with Crippen LogP contribution in [0, 0.1) is 6.92 Å². The van der Waals surface area contributed by atoms with Crippen molar-refractivity contribution in [1.29, 1.82) is 0 Å². The second-order valence-electron chi connectivity index (χ2n) is 4.57. The summed E-state index contributed by atoms with van der Waals surface area (Å²) in [5.41, 5.74) is 4.60. The lowest BCUT2D eigenvalue weighted by Crippen LogP contribution is -1.90. The number of methoxy groups -OCH3 is 1. The first-order chi connectivity index (χ1) is 9.29. The van der Waals surface area contributed by atoms with E-state index >= 15 is 0 Å². The number of fused-ring (bicyclic) bond motifs is 1. The number of aryl methyl sites for hydroxylation is 1. The Morgan fingerprint density at radius 1 is 1.00 bits per heavy atom. The van der Waals surface area contributed by atoms with Gasteiger partial charge in [-0.3, -0.25) is 4.98 Å². The summed E-state index contributed by atoms with van der Waals surface area (Å²) in [5, 5.41) is 1.13. The number of aromatic nitrogens is 1. The fourth-order valence-corrected chi connectivity index (χ4v) is 2.39. The van der Waals surface area contributed by atoms with Gasteiger partial charge in [0.05, 0.1) is 12.6 Å². The van der Waals surface area contributed by atoms with Crippen molar-refractivity contribution in [3.8, 4) is 16.9 Å². The standard InChI is InChI=1S/C17H15NO/c1-12-11-18-16-9-8-14(19-2)10-15(16)17(12)13-6-4-3-5-7-13/h3-11H,1-2H3. The minimum absolute atomic E-state index is 0.858. The predicted octanol–water partition coefficient (Wildman–Crippen LogP) is 4.22. The van der Waals surface area contributed by atoms with Crippen LogP contribution in [0.5, 0.6) is 5.75 Å². The van der Waals surface area contributed by atoms with E-state index in [1.54, 1.807) is 7.11 Å². The molecule has 3 aromatic rings. The minimum Gasteiger partial charge on any atom is -0.497 e. The van der Waals surface area contributed by atoms with Gasteiger partial charge in [0, 0.05) is 11.6 Å². The average Bonchev–Trinajstić information content (AvgIpc) is 2.47. The molecule has 2 aromatic carbocycles. The van der Waals surface area contributed by atoms with Crippen molar-refractivity contribution in [2.45, 2.75) is 6.92 Å². The first-order valence-corrected chi connectivity index (χ1v) is 6.28. The highest BCUT2D eigenvalue weighted by Crippen LogP contribution is 2.32. The Hall–Kier alpha value is -2.35. The maximum absolute atomic E-state index is 5.33.